The van der Waals surface area contributed by atoms with Gasteiger partial charge in [0.25, 0.3) is 5.91 Å². The molecular formula is C23H36IN3O5. The lowest BCUT2D eigenvalue weighted by atomic mass is 10.1. The van der Waals surface area contributed by atoms with Crippen LogP contribution in [0.4, 0.5) is 10.5 Å². The average Bonchev–Trinajstić information content (AvgIpc) is 2.69. The first kappa shape index (κ1) is 28.0. The summed E-state index contributed by atoms with van der Waals surface area (Å²) in [5.41, 5.74) is 0.479. The summed E-state index contributed by atoms with van der Waals surface area (Å²) in [7, 11) is 1.48. The van der Waals surface area contributed by atoms with E-state index in [1.165, 1.54) is 14.0 Å². The van der Waals surface area contributed by atoms with E-state index >= 15 is 0 Å². The lowest BCUT2D eigenvalue weighted by Crippen LogP contribution is -2.38. The van der Waals surface area contributed by atoms with Gasteiger partial charge < -0.3 is 25.0 Å². The molecule has 0 unspecified atom stereocenters. The summed E-state index contributed by atoms with van der Waals surface area (Å²) in [5.74, 6) is -0.0482. The molecule has 3 amide bonds. The van der Waals surface area contributed by atoms with E-state index < -0.39 is 5.60 Å². The number of nitrogens with one attached hydrogen (secondary N) is 2. The highest BCUT2D eigenvalue weighted by Crippen LogP contribution is 2.28. The minimum absolute atomic E-state index is 0.193. The summed E-state index contributed by atoms with van der Waals surface area (Å²) < 4.78 is 11.6. The first-order valence-corrected chi connectivity index (χ1v) is 12.0. The van der Waals surface area contributed by atoms with Gasteiger partial charge in [0.2, 0.25) is 5.91 Å². The smallest absolute Gasteiger partial charge is 0.410 e. The van der Waals surface area contributed by atoms with Crippen LogP contribution in [0.25, 0.3) is 0 Å². The van der Waals surface area contributed by atoms with Crippen LogP contribution in [0.2, 0.25) is 0 Å². The summed E-state index contributed by atoms with van der Waals surface area (Å²) in [5, 5.41) is 5.62. The zero-order chi connectivity index (χ0) is 24.3. The number of halogens is 1. The van der Waals surface area contributed by atoms with E-state index in [4.69, 9.17) is 9.47 Å². The number of hydrogen-bond acceptors (Lipinski definition) is 5. The molecule has 2 N–H and O–H groups in total. The van der Waals surface area contributed by atoms with Gasteiger partial charge in [-0.15, -0.1) is 0 Å². The number of carbonyl (C=O) groups is 3. The quantitative estimate of drug-likeness (QED) is 0.299. The number of nitrogens with zero attached hydrogens (tertiary/aromatic N) is 1. The minimum atomic E-state index is -0.526. The molecule has 0 spiro atoms. The number of unbranched alkanes of at least 4 members (excludes halogenated alkanes) is 2. The van der Waals surface area contributed by atoms with Crippen LogP contribution >= 0.6 is 22.6 Å². The molecular weight excluding hydrogens is 525 g/mol. The van der Waals surface area contributed by atoms with Crippen molar-refractivity contribution in [2.24, 2.45) is 0 Å². The van der Waals surface area contributed by atoms with E-state index in [0.29, 0.717) is 36.6 Å². The summed E-state index contributed by atoms with van der Waals surface area (Å²) in [4.78, 5) is 38.1. The summed E-state index contributed by atoms with van der Waals surface area (Å²) in [6.07, 6.45) is 3.09. The third kappa shape index (κ3) is 10.1. The first-order valence-electron chi connectivity index (χ1n) is 10.9. The summed E-state index contributed by atoms with van der Waals surface area (Å²) in [6.45, 7) is 10.8. The number of rotatable bonds is 11. The van der Waals surface area contributed by atoms with Gasteiger partial charge in [-0.2, -0.15) is 0 Å². The van der Waals surface area contributed by atoms with Gasteiger partial charge in [0.05, 0.1) is 18.4 Å². The fourth-order valence-corrected chi connectivity index (χ4v) is 3.48. The van der Waals surface area contributed by atoms with Crippen molar-refractivity contribution in [3.05, 3.63) is 21.3 Å². The topological polar surface area (TPSA) is 97.0 Å². The van der Waals surface area contributed by atoms with E-state index in [1.807, 2.05) is 20.8 Å². The van der Waals surface area contributed by atoms with E-state index in [0.717, 1.165) is 29.3 Å². The zero-order valence-electron chi connectivity index (χ0n) is 20.0. The molecule has 0 aromatic heterocycles. The summed E-state index contributed by atoms with van der Waals surface area (Å²) in [6, 6.07) is 3.33. The van der Waals surface area contributed by atoms with Crippen molar-refractivity contribution in [3.8, 4) is 5.75 Å². The summed E-state index contributed by atoms with van der Waals surface area (Å²) >= 11 is 2.07. The molecule has 8 nitrogen and oxygen atoms in total. The fraction of sp³-hybridized carbons (Fsp3) is 0.609. The Morgan fingerprint density at radius 2 is 1.75 bits per heavy atom. The zero-order valence-corrected chi connectivity index (χ0v) is 22.1. The lowest BCUT2D eigenvalue weighted by molar-refractivity contribution is -0.114. The number of anilines is 1. The third-order valence-electron chi connectivity index (χ3n) is 4.42. The Kier molecular flexibility index (Phi) is 11.8. The Balaban J connectivity index is 2.61. The maximum atomic E-state index is 12.6. The molecule has 180 valence electrons. The van der Waals surface area contributed by atoms with Crippen molar-refractivity contribution in [2.75, 3.05) is 32.1 Å². The maximum absolute atomic E-state index is 12.6. The van der Waals surface area contributed by atoms with Gasteiger partial charge in [-0.1, -0.05) is 13.3 Å². The van der Waals surface area contributed by atoms with Crippen LogP contribution < -0.4 is 15.4 Å². The van der Waals surface area contributed by atoms with E-state index in [-0.39, 0.29) is 17.9 Å². The van der Waals surface area contributed by atoms with Gasteiger partial charge in [-0.25, -0.2) is 4.79 Å². The standard InChI is InChI=1S/C23H36IN3O5/c1-7-8-12-27(22(30)32-23(3,4)5)13-10-9-11-25-21(29)17-14-18(24)19(26-16(2)28)15-20(17)31-6/h14-15H,7-13H2,1-6H3,(H,25,29)(H,26,28). The molecule has 0 radical (unpaired) electrons. The van der Waals surface area contributed by atoms with Crippen LogP contribution in [-0.4, -0.2) is 55.2 Å². The van der Waals surface area contributed by atoms with Gasteiger partial charge in [0.15, 0.2) is 0 Å². The second-order valence-corrected chi connectivity index (χ2v) is 9.66. The van der Waals surface area contributed by atoms with Crippen LogP contribution in [0.1, 0.15) is 70.7 Å². The van der Waals surface area contributed by atoms with Gasteiger partial charge in [-0.3, -0.25) is 9.59 Å². The predicted molar refractivity (Wildman–Crippen MR) is 134 cm³/mol. The largest absolute Gasteiger partial charge is 0.496 e. The molecule has 0 atom stereocenters. The van der Waals surface area contributed by atoms with Crippen molar-refractivity contribution < 1.29 is 23.9 Å². The number of benzene rings is 1. The molecule has 0 bridgehead atoms. The molecule has 0 aliphatic carbocycles. The second kappa shape index (κ2) is 13.5. The number of ether oxygens (including phenoxy) is 2. The first-order chi connectivity index (χ1) is 15.0. The van der Waals surface area contributed by atoms with Crippen LogP contribution in [0, 0.1) is 3.57 Å². The van der Waals surface area contributed by atoms with E-state index in [9.17, 15) is 14.4 Å². The van der Waals surface area contributed by atoms with Crippen molar-refractivity contribution in [1.29, 1.82) is 0 Å². The molecule has 9 heteroatoms. The Labute approximate surface area is 204 Å². The molecule has 0 aliphatic rings. The Hall–Kier alpha value is -2.04. The molecule has 0 heterocycles. The number of carbonyl (C=O) groups excluding carboxylic acids is 3. The molecule has 0 aliphatic heterocycles. The molecule has 1 rings (SSSR count). The van der Waals surface area contributed by atoms with Gasteiger partial charge >= 0.3 is 6.09 Å². The van der Waals surface area contributed by atoms with Crippen molar-refractivity contribution in [1.82, 2.24) is 10.2 Å². The Bertz CT molecular complexity index is 793. The SMILES string of the molecule is CCCCN(CCCCNC(=O)c1cc(I)c(NC(C)=O)cc1OC)C(=O)OC(C)(C)C. The second-order valence-electron chi connectivity index (χ2n) is 8.50. The predicted octanol–water partition coefficient (Wildman–Crippen LogP) is 4.81. The Morgan fingerprint density at radius 1 is 1.09 bits per heavy atom. The molecule has 1 aromatic rings. The molecule has 1 aromatic carbocycles. The molecule has 32 heavy (non-hydrogen) atoms. The molecule has 0 saturated heterocycles. The number of amides is 3. The van der Waals surface area contributed by atoms with Crippen LogP contribution in [0.5, 0.6) is 5.75 Å². The van der Waals surface area contributed by atoms with Crippen LogP contribution in [0.3, 0.4) is 0 Å². The number of hydrogen-bond donors (Lipinski definition) is 2. The fourth-order valence-electron chi connectivity index (χ4n) is 2.88. The van der Waals surface area contributed by atoms with Crippen LogP contribution in [0.15, 0.2) is 12.1 Å². The number of methoxy groups -OCH3 is 1. The van der Waals surface area contributed by atoms with Crippen molar-refractivity contribution >= 4 is 46.2 Å². The highest BCUT2D eigenvalue weighted by Gasteiger charge is 2.21. The highest BCUT2D eigenvalue weighted by molar-refractivity contribution is 14.1. The average molecular weight is 561 g/mol. The third-order valence-corrected chi connectivity index (χ3v) is 5.31. The maximum Gasteiger partial charge on any atom is 0.410 e. The minimum Gasteiger partial charge on any atom is -0.496 e. The molecule has 0 fully saturated rings. The van der Waals surface area contributed by atoms with Gasteiger partial charge in [-0.05, 0) is 68.7 Å². The van der Waals surface area contributed by atoms with Gasteiger partial charge in [0, 0.05) is 36.2 Å². The normalized spacial score (nSPS) is 11.0. The van der Waals surface area contributed by atoms with Crippen molar-refractivity contribution in [3.63, 3.8) is 0 Å². The van der Waals surface area contributed by atoms with Gasteiger partial charge in [0.1, 0.15) is 11.4 Å². The van der Waals surface area contributed by atoms with E-state index in [1.54, 1.807) is 17.0 Å². The van der Waals surface area contributed by atoms with Crippen molar-refractivity contribution in [2.45, 2.75) is 65.9 Å². The lowest BCUT2D eigenvalue weighted by Gasteiger charge is -2.27. The highest BCUT2D eigenvalue weighted by atomic mass is 127. The molecule has 0 saturated carbocycles. The Morgan fingerprint density at radius 3 is 2.31 bits per heavy atom. The van der Waals surface area contributed by atoms with E-state index in [2.05, 4.69) is 40.1 Å². The monoisotopic (exact) mass is 561 g/mol. The van der Waals surface area contributed by atoms with Crippen LogP contribution in [-0.2, 0) is 9.53 Å².